The van der Waals surface area contributed by atoms with Crippen molar-refractivity contribution < 1.29 is 7.26 Å². The van der Waals surface area contributed by atoms with Crippen LogP contribution >= 0.6 is 0 Å². The summed E-state index contributed by atoms with van der Waals surface area (Å²) in [4.78, 5) is 0. The van der Waals surface area contributed by atoms with Gasteiger partial charge in [0.25, 0.3) is 0 Å². The second kappa shape index (κ2) is 2.09. The predicted molar refractivity (Wildman–Crippen MR) is 35.0 cm³/mol. The molecule has 1 rings (SSSR count). The molecule has 0 radical (unpaired) electrons. The van der Waals surface area contributed by atoms with Gasteiger partial charge in [-0.05, 0) is 13.3 Å². The van der Waals surface area contributed by atoms with Gasteiger partial charge in [-0.1, -0.05) is 12.1 Å². The molecule has 0 fully saturated rings. The zero-order valence-corrected chi connectivity index (χ0v) is 5.43. The van der Waals surface area contributed by atoms with E-state index >= 15 is 0 Å². The van der Waals surface area contributed by atoms with E-state index in [4.69, 9.17) is 8.48 Å². The molecule has 1 aromatic heterocycles. The minimum absolute atomic E-state index is 0.0648. The number of aromatic nitrogens is 1. The average Bonchev–Trinajstić information content (AvgIpc) is 2.08. The lowest BCUT2D eigenvalue weighted by Crippen LogP contribution is -1.88. The van der Waals surface area contributed by atoms with Gasteiger partial charge in [-0.3, -0.25) is 0 Å². The number of hydrogen-bond acceptors (Lipinski definition) is 3. The maximum Gasteiger partial charge on any atom is 0.225 e. The first kappa shape index (κ1) is 3.93. The van der Waals surface area contributed by atoms with E-state index < -0.39 is 6.37 Å². The molecule has 3 heteroatoms. The number of nitrogens with zero attached hydrogens (tertiary/aromatic N) is 1. The molecule has 0 aliphatic rings. The third kappa shape index (κ3) is 0.896. The standard InChI is InChI=1S/C6H10N2O/c1-3-5-4(2)8-9-6(5)7/h3,7H2,1-2H3/i3D2. The van der Waals surface area contributed by atoms with Crippen LogP contribution in [0.4, 0.5) is 5.88 Å². The van der Waals surface area contributed by atoms with E-state index in [0.717, 1.165) is 0 Å². The summed E-state index contributed by atoms with van der Waals surface area (Å²) in [6.45, 7) is 3.08. The summed E-state index contributed by atoms with van der Waals surface area (Å²) in [5, 5.41) is 3.54. The summed E-state index contributed by atoms with van der Waals surface area (Å²) in [5.74, 6) is 0.0648. The first-order valence-electron chi connectivity index (χ1n) is 3.65. The first-order valence-corrected chi connectivity index (χ1v) is 2.65. The Labute approximate surface area is 56.6 Å². The monoisotopic (exact) mass is 128 g/mol. The summed E-state index contributed by atoms with van der Waals surface area (Å²) in [6.07, 6.45) is -1.48. The molecule has 0 bridgehead atoms. The second-order valence-corrected chi connectivity index (χ2v) is 1.76. The fourth-order valence-electron chi connectivity index (χ4n) is 0.691. The third-order valence-electron chi connectivity index (χ3n) is 1.14. The van der Waals surface area contributed by atoms with Crippen LogP contribution in [0, 0.1) is 6.92 Å². The Morgan fingerprint density at radius 2 is 2.56 bits per heavy atom. The van der Waals surface area contributed by atoms with Gasteiger partial charge in [0.15, 0.2) is 0 Å². The molecule has 0 aliphatic carbocycles. The Bertz CT molecular complexity index is 245. The SMILES string of the molecule is [2H]C([2H])(C)c1c(C)noc1N. The van der Waals surface area contributed by atoms with Gasteiger partial charge in [0.05, 0.1) is 5.69 Å². The highest BCUT2D eigenvalue weighted by Crippen LogP contribution is 2.14. The van der Waals surface area contributed by atoms with Crippen LogP contribution in [0.3, 0.4) is 0 Å². The lowest BCUT2D eigenvalue weighted by molar-refractivity contribution is 0.431. The molecule has 2 N–H and O–H groups in total. The van der Waals surface area contributed by atoms with Gasteiger partial charge in [0.2, 0.25) is 5.88 Å². The van der Waals surface area contributed by atoms with Crippen LogP contribution in [0.1, 0.15) is 20.9 Å². The second-order valence-electron chi connectivity index (χ2n) is 1.76. The van der Waals surface area contributed by atoms with Gasteiger partial charge >= 0.3 is 0 Å². The van der Waals surface area contributed by atoms with Crippen LogP contribution in [0.15, 0.2) is 4.52 Å². The molecule has 1 heterocycles. The maximum atomic E-state index is 7.36. The van der Waals surface area contributed by atoms with Crippen molar-refractivity contribution in [3.8, 4) is 0 Å². The van der Waals surface area contributed by atoms with Gasteiger partial charge in [-0.15, -0.1) is 0 Å². The molecular formula is C6H10N2O. The smallest absolute Gasteiger partial charge is 0.225 e. The molecule has 9 heavy (non-hydrogen) atoms. The van der Waals surface area contributed by atoms with Crippen molar-refractivity contribution in [3.63, 3.8) is 0 Å². The number of nitrogen functional groups attached to an aromatic ring is 1. The van der Waals surface area contributed by atoms with E-state index in [1.165, 1.54) is 6.92 Å². The Morgan fingerprint density at radius 1 is 1.89 bits per heavy atom. The number of anilines is 1. The zero-order chi connectivity index (χ0) is 8.65. The van der Waals surface area contributed by atoms with Gasteiger partial charge in [-0.2, -0.15) is 0 Å². The van der Waals surface area contributed by atoms with Crippen LogP contribution in [0.25, 0.3) is 0 Å². The molecule has 0 saturated heterocycles. The molecule has 0 spiro atoms. The van der Waals surface area contributed by atoms with E-state index in [1.54, 1.807) is 6.92 Å². The molecule has 0 atom stereocenters. The summed E-state index contributed by atoms with van der Waals surface area (Å²) < 4.78 is 19.3. The maximum absolute atomic E-state index is 7.36. The number of hydrogen-bond donors (Lipinski definition) is 1. The summed E-state index contributed by atoms with van der Waals surface area (Å²) >= 11 is 0. The molecule has 0 aromatic carbocycles. The van der Waals surface area contributed by atoms with Crippen LogP contribution in [-0.4, -0.2) is 5.16 Å². The summed E-state index contributed by atoms with van der Waals surface area (Å²) in [5.41, 5.74) is 6.21. The van der Waals surface area contributed by atoms with Gasteiger partial charge < -0.3 is 10.3 Å². The van der Waals surface area contributed by atoms with E-state index in [1.807, 2.05) is 0 Å². The van der Waals surface area contributed by atoms with Crippen LogP contribution in [0.2, 0.25) is 0 Å². The van der Waals surface area contributed by atoms with Crippen molar-refractivity contribution in [2.45, 2.75) is 20.2 Å². The highest BCUT2D eigenvalue weighted by Gasteiger charge is 2.05. The minimum atomic E-state index is -1.48. The van der Waals surface area contributed by atoms with Crippen molar-refractivity contribution in [2.75, 3.05) is 5.73 Å². The predicted octanol–water partition coefficient (Wildman–Crippen LogP) is 1.13. The van der Waals surface area contributed by atoms with E-state index in [9.17, 15) is 0 Å². The van der Waals surface area contributed by atoms with Crippen molar-refractivity contribution in [1.29, 1.82) is 0 Å². The molecule has 1 aromatic rings. The Kier molecular flexibility index (Phi) is 0.912. The highest BCUT2D eigenvalue weighted by molar-refractivity contribution is 5.37. The van der Waals surface area contributed by atoms with Crippen molar-refractivity contribution in [3.05, 3.63) is 11.3 Å². The molecule has 0 aliphatic heterocycles. The van der Waals surface area contributed by atoms with E-state index in [2.05, 4.69) is 9.68 Å². The fourth-order valence-corrected chi connectivity index (χ4v) is 0.691. The van der Waals surface area contributed by atoms with E-state index in [-0.39, 0.29) is 5.88 Å². The Morgan fingerprint density at radius 3 is 2.78 bits per heavy atom. The van der Waals surface area contributed by atoms with Crippen molar-refractivity contribution >= 4 is 5.88 Å². The first-order chi connectivity index (χ1) is 4.93. The van der Waals surface area contributed by atoms with Gasteiger partial charge in [0.1, 0.15) is 0 Å². The molecule has 0 saturated carbocycles. The lowest BCUT2D eigenvalue weighted by atomic mass is 10.2. The fraction of sp³-hybridized carbons (Fsp3) is 0.500. The van der Waals surface area contributed by atoms with Crippen LogP contribution in [0.5, 0.6) is 0 Å². The number of aryl methyl sites for hydroxylation is 1. The molecule has 3 nitrogen and oxygen atoms in total. The zero-order valence-electron chi connectivity index (χ0n) is 7.43. The molecule has 0 amide bonds. The van der Waals surface area contributed by atoms with Gasteiger partial charge in [0, 0.05) is 8.30 Å². The minimum Gasteiger partial charge on any atom is -0.367 e. The topological polar surface area (TPSA) is 52.0 Å². The molecular weight excluding hydrogens is 116 g/mol. The van der Waals surface area contributed by atoms with E-state index in [0.29, 0.717) is 11.3 Å². The normalized spacial score (nSPS) is 14.9. The highest BCUT2D eigenvalue weighted by atomic mass is 16.5. The van der Waals surface area contributed by atoms with Crippen LogP contribution < -0.4 is 5.73 Å². The Hall–Kier alpha value is -0.990. The number of rotatable bonds is 1. The lowest BCUT2D eigenvalue weighted by Gasteiger charge is -1.88. The largest absolute Gasteiger partial charge is 0.367 e. The van der Waals surface area contributed by atoms with Gasteiger partial charge in [-0.25, -0.2) is 0 Å². The molecule has 0 unspecified atom stereocenters. The number of nitrogens with two attached hydrogens (primary N) is 1. The summed E-state index contributed by atoms with van der Waals surface area (Å²) in [7, 11) is 0. The average molecular weight is 128 g/mol. The Balaban J connectivity index is 3.21. The van der Waals surface area contributed by atoms with Crippen molar-refractivity contribution in [1.82, 2.24) is 5.16 Å². The summed E-state index contributed by atoms with van der Waals surface area (Å²) in [6, 6.07) is 0. The van der Waals surface area contributed by atoms with Crippen molar-refractivity contribution in [2.24, 2.45) is 0 Å². The molecule has 50 valence electrons. The quantitative estimate of drug-likeness (QED) is 0.616. The third-order valence-corrected chi connectivity index (χ3v) is 1.14. The van der Waals surface area contributed by atoms with Crippen LogP contribution in [-0.2, 0) is 6.37 Å².